The second kappa shape index (κ2) is 4.91. The molecule has 1 heterocycles. The normalized spacial score (nSPS) is 19.5. The van der Waals surface area contributed by atoms with Gasteiger partial charge in [0.25, 0.3) is 0 Å². The minimum Gasteiger partial charge on any atom is -0.317 e. The molecule has 1 aliphatic rings. The van der Waals surface area contributed by atoms with Crippen LogP contribution < -0.4 is 10.0 Å². The molecule has 82 valence electrons. The maximum atomic E-state index is 11.7. The van der Waals surface area contributed by atoms with Gasteiger partial charge in [-0.2, -0.15) is 0 Å². The zero-order valence-corrected chi connectivity index (χ0v) is 9.36. The Labute approximate surface area is 85.8 Å². The Morgan fingerprint density at radius 3 is 2.57 bits per heavy atom. The Hall–Kier alpha value is -0.390. The Morgan fingerprint density at radius 2 is 2.07 bits per heavy atom. The number of piperidine rings is 1. The quantitative estimate of drug-likeness (QED) is 0.664. The fourth-order valence-electron chi connectivity index (χ4n) is 1.45. The molecule has 0 saturated carbocycles. The van der Waals surface area contributed by atoms with Gasteiger partial charge in [0.2, 0.25) is 10.0 Å². The topological polar surface area (TPSA) is 58.2 Å². The van der Waals surface area contributed by atoms with Gasteiger partial charge in [-0.05, 0) is 32.9 Å². The highest BCUT2D eigenvalue weighted by molar-refractivity contribution is 7.90. The van der Waals surface area contributed by atoms with Gasteiger partial charge in [0, 0.05) is 6.54 Å². The molecular weight excluding hydrogens is 200 g/mol. The van der Waals surface area contributed by atoms with Gasteiger partial charge >= 0.3 is 0 Å². The van der Waals surface area contributed by atoms with Crippen molar-refractivity contribution in [3.63, 3.8) is 0 Å². The van der Waals surface area contributed by atoms with Crippen molar-refractivity contribution in [1.29, 1.82) is 0 Å². The highest BCUT2D eigenvalue weighted by Crippen LogP contribution is 2.11. The molecule has 0 aromatic heterocycles. The first kappa shape index (κ1) is 11.7. The summed E-state index contributed by atoms with van der Waals surface area (Å²) >= 11 is 0. The average molecular weight is 218 g/mol. The van der Waals surface area contributed by atoms with Gasteiger partial charge in [-0.1, -0.05) is 12.2 Å². The van der Waals surface area contributed by atoms with Gasteiger partial charge in [0.15, 0.2) is 0 Å². The van der Waals surface area contributed by atoms with Gasteiger partial charge in [-0.3, -0.25) is 0 Å². The van der Waals surface area contributed by atoms with E-state index >= 15 is 0 Å². The van der Waals surface area contributed by atoms with E-state index < -0.39 is 10.0 Å². The van der Waals surface area contributed by atoms with Crippen LogP contribution in [0.1, 0.15) is 19.8 Å². The van der Waals surface area contributed by atoms with Gasteiger partial charge < -0.3 is 5.32 Å². The Balaban J connectivity index is 2.50. The predicted molar refractivity (Wildman–Crippen MR) is 57.6 cm³/mol. The van der Waals surface area contributed by atoms with E-state index in [0.29, 0.717) is 19.4 Å². The Bertz CT molecular complexity index is 292. The molecule has 1 saturated heterocycles. The summed E-state index contributed by atoms with van der Waals surface area (Å²) in [6.07, 6.45) is 1.40. The van der Waals surface area contributed by atoms with E-state index in [1.165, 1.54) is 0 Å². The van der Waals surface area contributed by atoms with Gasteiger partial charge in [0.1, 0.15) is 0 Å². The van der Waals surface area contributed by atoms with Gasteiger partial charge in [-0.25, -0.2) is 13.1 Å². The lowest BCUT2D eigenvalue weighted by Crippen LogP contribution is -2.41. The van der Waals surface area contributed by atoms with Crippen molar-refractivity contribution in [3.8, 4) is 0 Å². The number of hydrogen-bond donors (Lipinski definition) is 2. The van der Waals surface area contributed by atoms with Crippen molar-refractivity contribution < 1.29 is 8.42 Å². The van der Waals surface area contributed by atoms with Crippen molar-refractivity contribution >= 4 is 10.0 Å². The lowest BCUT2D eigenvalue weighted by atomic mass is 10.2. The Morgan fingerprint density at radius 1 is 1.50 bits per heavy atom. The van der Waals surface area contributed by atoms with Crippen molar-refractivity contribution in [1.82, 2.24) is 10.0 Å². The van der Waals surface area contributed by atoms with Crippen LogP contribution in [0.4, 0.5) is 0 Å². The maximum absolute atomic E-state index is 11.7. The molecular formula is C9H18N2O2S. The van der Waals surface area contributed by atoms with Crippen molar-refractivity contribution in [2.24, 2.45) is 0 Å². The van der Waals surface area contributed by atoms with Crippen LogP contribution in [0.2, 0.25) is 0 Å². The van der Waals surface area contributed by atoms with E-state index in [4.69, 9.17) is 0 Å². The van der Waals surface area contributed by atoms with Crippen molar-refractivity contribution in [2.75, 3.05) is 19.6 Å². The third kappa shape index (κ3) is 3.40. The van der Waals surface area contributed by atoms with Crippen LogP contribution in [0.25, 0.3) is 0 Å². The SMILES string of the molecule is C=C(C)CNS(=O)(=O)C1CCNCC1. The molecule has 14 heavy (non-hydrogen) atoms. The highest BCUT2D eigenvalue weighted by atomic mass is 32.2. The molecule has 4 nitrogen and oxygen atoms in total. The third-order valence-electron chi connectivity index (χ3n) is 2.30. The smallest absolute Gasteiger partial charge is 0.214 e. The molecule has 0 amide bonds. The van der Waals surface area contributed by atoms with E-state index in [1.807, 2.05) is 6.92 Å². The molecule has 1 fully saturated rings. The van der Waals surface area contributed by atoms with Crippen LogP contribution in [0.5, 0.6) is 0 Å². The summed E-state index contributed by atoms with van der Waals surface area (Å²) in [6, 6.07) is 0. The number of nitrogens with one attached hydrogen (secondary N) is 2. The molecule has 0 radical (unpaired) electrons. The van der Waals surface area contributed by atoms with E-state index in [-0.39, 0.29) is 5.25 Å². The fraction of sp³-hybridized carbons (Fsp3) is 0.778. The molecule has 1 rings (SSSR count). The molecule has 0 aromatic carbocycles. The molecule has 2 N–H and O–H groups in total. The molecule has 0 aromatic rings. The lowest BCUT2D eigenvalue weighted by molar-refractivity contribution is 0.491. The second-order valence-corrected chi connectivity index (χ2v) is 5.82. The lowest BCUT2D eigenvalue weighted by Gasteiger charge is -2.22. The summed E-state index contributed by atoms with van der Waals surface area (Å²) in [4.78, 5) is 0. The minimum atomic E-state index is -3.13. The van der Waals surface area contributed by atoms with Crippen LogP contribution in [-0.4, -0.2) is 33.3 Å². The molecule has 5 heteroatoms. The monoisotopic (exact) mass is 218 g/mol. The highest BCUT2D eigenvalue weighted by Gasteiger charge is 2.26. The van der Waals surface area contributed by atoms with Gasteiger partial charge in [-0.15, -0.1) is 0 Å². The molecule has 0 bridgehead atoms. The number of hydrogen-bond acceptors (Lipinski definition) is 3. The molecule has 0 spiro atoms. The summed E-state index contributed by atoms with van der Waals surface area (Å²) in [5.74, 6) is 0. The maximum Gasteiger partial charge on any atom is 0.214 e. The zero-order valence-electron chi connectivity index (χ0n) is 8.54. The standard InChI is InChI=1S/C9H18N2O2S/c1-8(2)7-11-14(12,13)9-3-5-10-6-4-9/h9-11H,1,3-7H2,2H3. The molecule has 1 aliphatic heterocycles. The first-order valence-electron chi connectivity index (χ1n) is 4.86. The molecule has 0 aliphatic carbocycles. The largest absolute Gasteiger partial charge is 0.317 e. The van der Waals surface area contributed by atoms with Crippen molar-refractivity contribution in [3.05, 3.63) is 12.2 Å². The zero-order chi connectivity index (χ0) is 10.6. The van der Waals surface area contributed by atoms with Gasteiger partial charge in [0.05, 0.1) is 5.25 Å². The van der Waals surface area contributed by atoms with Crippen LogP contribution in [-0.2, 0) is 10.0 Å². The first-order valence-corrected chi connectivity index (χ1v) is 6.40. The molecule has 0 unspecified atom stereocenters. The van der Waals surface area contributed by atoms with E-state index in [1.54, 1.807) is 0 Å². The summed E-state index contributed by atoms with van der Waals surface area (Å²) in [6.45, 7) is 7.41. The van der Waals surface area contributed by atoms with Crippen molar-refractivity contribution in [2.45, 2.75) is 25.0 Å². The van der Waals surface area contributed by atoms with E-state index in [9.17, 15) is 8.42 Å². The summed E-state index contributed by atoms with van der Waals surface area (Å²) in [5, 5.41) is 2.91. The fourth-order valence-corrected chi connectivity index (χ4v) is 2.99. The summed E-state index contributed by atoms with van der Waals surface area (Å²) < 4.78 is 26.0. The third-order valence-corrected chi connectivity index (χ3v) is 4.20. The Kier molecular flexibility index (Phi) is 4.10. The van der Waals surface area contributed by atoms with E-state index in [0.717, 1.165) is 18.7 Å². The first-order chi connectivity index (χ1) is 6.52. The van der Waals surface area contributed by atoms with Crippen LogP contribution in [0.3, 0.4) is 0 Å². The summed E-state index contributed by atoms with van der Waals surface area (Å²) in [5.41, 5.74) is 0.836. The summed E-state index contributed by atoms with van der Waals surface area (Å²) in [7, 11) is -3.13. The van der Waals surface area contributed by atoms with Crippen LogP contribution >= 0.6 is 0 Å². The van der Waals surface area contributed by atoms with Crippen LogP contribution in [0.15, 0.2) is 12.2 Å². The predicted octanol–water partition coefficient (Wildman–Crippen LogP) is 0.234. The molecule has 0 atom stereocenters. The number of rotatable bonds is 4. The second-order valence-electron chi connectivity index (χ2n) is 3.77. The average Bonchev–Trinajstić information content (AvgIpc) is 2.16. The number of sulfonamides is 1. The van der Waals surface area contributed by atoms with Crippen LogP contribution in [0, 0.1) is 0 Å². The van der Waals surface area contributed by atoms with E-state index in [2.05, 4.69) is 16.6 Å². The minimum absolute atomic E-state index is 0.233.